The number of carbonyl (C=O) groups is 2. The number of anilines is 1. The number of Topliss-reactive ketones (excluding diaryl/α,β-unsaturated/α-hetero) is 1. The van der Waals surface area contributed by atoms with Gasteiger partial charge in [-0.05, 0) is 57.2 Å². The molecule has 7 nitrogen and oxygen atoms in total. The first-order chi connectivity index (χ1) is 15.8. The van der Waals surface area contributed by atoms with Crippen molar-refractivity contribution >= 4 is 23.1 Å². The van der Waals surface area contributed by atoms with Gasteiger partial charge < -0.3 is 19.0 Å². The first-order valence-electron chi connectivity index (χ1n) is 10.6. The quantitative estimate of drug-likeness (QED) is 0.327. The van der Waals surface area contributed by atoms with Crippen molar-refractivity contribution < 1.29 is 28.6 Å². The summed E-state index contributed by atoms with van der Waals surface area (Å²) in [7, 11) is 1.48. The number of rotatable bonds is 6. The number of hydrogen-bond acceptors (Lipinski definition) is 6. The minimum Gasteiger partial charge on any atom is -0.507 e. The Labute approximate surface area is 191 Å². The second-order valence-corrected chi connectivity index (χ2v) is 7.75. The monoisotopic (exact) mass is 447 g/mol. The highest BCUT2D eigenvalue weighted by Gasteiger charge is 2.48. The van der Waals surface area contributed by atoms with Gasteiger partial charge >= 0.3 is 0 Å². The largest absolute Gasteiger partial charge is 0.507 e. The van der Waals surface area contributed by atoms with Gasteiger partial charge in [0.15, 0.2) is 0 Å². The summed E-state index contributed by atoms with van der Waals surface area (Å²) >= 11 is 0. The molecule has 33 heavy (non-hydrogen) atoms. The standard InChI is InChI=1S/C26H25NO6/c1-5-32-18-8-6-7-17(14-18)27-23(21-12-10-16(3)33-21)22(25(29)26(27)30)24(28)19-13-15(2)9-11-20(19)31-4/h6-14,23,28H,5H2,1-4H3/b24-22-. The van der Waals surface area contributed by atoms with Crippen LogP contribution in [0.2, 0.25) is 0 Å². The van der Waals surface area contributed by atoms with Crippen LogP contribution in [0.3, 0.4) is 0 Å². The van der Waals surface area contributed by atoms with Crippen LogP contribution in [-0.4, -0.2) is 30.5 Å². The number of ketones is 1. The highest BCUT2D eigenvalue weighted by atomic mass is 16.5. The summed E-state index contributed by atoms with van der Waals surface area (Å²) < 4.78 is 16.8. The lowest BCUT2D eigenvalue weighted by molar-refractivity contribution is -0.132. The maximum absolute atomic E-state index is 13.3. The number of furan rings is 1. The highest BCUT2D eigenvalue weighted by Crippen LogP contribution is 2.44. The molecule has 1 atom stereocenters. The Hall–Kier alpha value is -4.00. The van der Waals surface area contributed by atoms with Gasteiger partial charge in [-0.25, -0.2) is 0 Å². The molecule has 0 radical (unpaired) electrons. The van der Waals surface area contributed by atoms with Crippen molar-refractivity contribution in [2.45, 2.75) is 26.8 Å². The molecular formula is C26H25NO6. The minimum absolute atomic E-state index is 0.0694. The third kappa shape index (κ3) is 3.98. The van der Waals surface area contributed by atoms with Crippen LogP contribution in [0.25, 0.3) is 5.76 Å². The van der Waals surface area contributed by atoms with Crippen molar-refractivity contribution in [1.29, 1.82) is 0 Å². The van der Waals surface area contributed by atoms with E-state index in [0.29, 0.717) is 40.9 Å². The number of hydrogen-bond donors (Lipinski definition) is 1. The van der Waals surface area contributed by atoms with Crippen LogP contribution in [0.4, 0.5) is 5.69 Å². The molecule has 1 aliphatic heterocycles. The summed E-state index contributed by atoms with van der Waals surface area (Å²) in [5.41, 5.74) is 1.57. The van der Waals surface area contributed by atoms with Crippen LogP contribution in [0.5, 0.6) is 11.5 Å². The zero-order valence-electron chi connectivity index (χ0n) is 18.9. The van der Waals surface area contributed by atoms with Gasteiger partial charge in [0, 0.05) is 11.8 Å². The fraction of sp³-hybridized carbons (Fsp3) is 0.231. The number of aryl methyl sites for hydroxylation is 2. The Morgan fingerprint density at radius 1 is 1.09 bits per heavy atom. The van der Waals surface area contributed by atoms with E-state index in [0.717, 1.165) is 5.56 Å². The minimum atomic E-state index is -0.958. The number of ether oxygens (including phenoxy) is 2. The Morgan fingerprint density at radius 2 is 1.88 bits per heavy atom. The number of methoxy groups -OCH3 is 1. The third-order valence-electron chi connectivity index (χ3n) is 5.49. The Balaban J connectivity index is 1.95. The van der Waals surface area contributed by atoms with Gasteiger partial charge in [0.2, 0.25) is 0 Å². The molecule has 0 saturated carbocycles. The molecular weight excluding hydrogens is 422 g/mol. The summed E-state index contributed by atoms with van der Waals surface area (Å²) in [6.07, 6.45) is 0. The SMILES string of the molecule is CCOc1cccc(N2C(=O)C(=O)/C(=C(\O)c3cc(C)ccc3OC)C2c2ccc(C)o2)c1. The zero-order valence-corrected chi connectivity index (χ0v) is 18.9. The van der Waals surface area contributed by atoms with E-state index in [1.807, 2.05) is 19.9 Å². The molecule has 170 valence electrons. The van der Waals surface area contributed by atoms with Crippen molar-refractivity contribution in [2.75, 3.05) is 18.6 Å². The van der Waals surface area contributed by atoms with Gasteiger partial charge in [-0.1, -0.05) is 17.7 Å². The van der Waals surface area contributed by atoms with E-state index < -0.39 is 17.7 Å². The van der Waals surface area contributed by atoms with Crippen LogP contribution < -0.4 is 14.4 Å². The number of amides is 1. The molecule has 1 saturated heterocycles. The molecule has 1 fully saturated rings. The topological polar surface area (TPSA) is 89.2 Å². The molecule has 2 heterocycles. The summed E-state index contributed by atoms with van der Waals surface area (Å²) in [6, 6.07) is 14.7. The first-order valence-corrected chi connectivity index (χ1v) is 10.6. The van der Waals surface area contributed by atoms with Crippen molar-refractivity contribution in [1.82, 2.24) is 0 Å². The number of benzene rings is 2. The van der Waals surface area contributed by atoms with Crippen molar-refractivity contribution in [2.24, 2.45) is 0 Å². The number of aliphatic hydroxyl groups excluding tert-OH is 1. The van der Waals surface area contributed by atoms with Crippen LogP contribution in [-0.2, 0) is 9.59 Å². The van der Waals surface area contributed by atoms with Crippen molar-refractivity contribution in [3.05, 3.63) is 82.8 Å². The summed E-state index contributed by atoms with van der Waals surface area (Å²) in [5.74, 6) is 0.0290. The van der Waals surface area contributed by atoms with Crippen LogP contribution in [0, 0.1) is 13.8 Å². The van der Waals surface area contributed by atoms with E-state index in [1.165, 1.54) is 12.0 Å². The summed E-state index contributed by atoms with van der Waals surface area (Å²) in [4.78, 5) is 27.8. The molecule has 1 amide bonds. The fourth-order valence-electron chi connectivity index (χ4n) is 4.01. The van der Waals surface area contributed by atoms with E-state index in [1.54, 1.807) is 55.5 Å². The number of nitrogens with zero attached hydrogens (tertiary/aromatic N) is 1. The molecule has 0 aliphatic carbocycles. The van der Waals surface area contributed by atoms with Crippen molar-refractivity contribution in [3.8, 4) is 11.5 Å². The van der Waals surface area contributed by atoms with Crippen LogP contribution >= 0.6 is 0 Å². The molecule has 1 unspecified atom stereocenters. The van der Waals surface area contributed by atoms with E-state index in [9.17, 15) is 14.7 Å². The van der Waals surface area contributed by atoms with Crippen molar-refractivity contribution in [3.63, 3.8) is 0 Å². The highest BCUT2D eigenvalue weighted by molar-refractivity contribution is 6.51. The molecule has 1 N–H and O–H groups in total. The van der Waals surface area contributed by atoms with Crippen LogP contribution in [0.1, 0.15) is 35.6 Å². The second kappa shape index (κ2) is 8.86. The molecule has 0 bridgehead atoms. The van der Waals surface area contributed by atoms with Gasteiger partial charge in [0.1, 0.15) is 34.8 Å². The van der Waals surface area contributed by atoms with Gasteiger partial charge in [0.25, 0.3) is 11.7 Å². The Bertz CT molecular complexity index is 1260. The van der Waals surface area contributed by atoms with Gasteiger partial charge in [-0.3, -0.25) is 14.5 Å². The third-order valence-corrected chi connectivity index (χ3v) is 5.49. The van der Waals surface area contributed by atoms with E-state index in [-0.39, 0.29) is 11.3 Å². The maximum atomic E-state index is 13.3. The lowest BCUT2D eigenvalue weighted by Crippen LogP contribution is -2.29. The van der Waals surface area contributed by atoms with Gasteiger partial charge in [0.05, 0.1) is 24.9 Å². The first kappa shape index (κ1) is 22.2. The van der Waals surface area contributed by atoms with Gasteiger partial charge in [-0.15, -0.1) is 0 Å². The van der Waals surface area contributed by atoms with Crippen LogP contribution in [0.15, 0.2) is 64.6 Å². The predicted molar refractivity (Wildman–Crippen MR) is 124 cm³/mol. The fourth-order valence-corrected chi connectivity index (χ4v) is 4.01. The molecule has 4 rings (SSSR count). The molecule has 0 spiro atoms. The van der Waals surface area contributed by atoms with E-state index >= 15 is 0 Å². The number of carbonyl (C=O) groups excluding carboxylic acids is 2. The van der Waals surface area contributed by atoms with E-state index in [4.69, 9.17) is 13.9 Å². The molecule has 7 heteroatoms. The molecule has 3 aromatic rings. The number of aliphatic hydroxyl groups is 1. The summed E-state index contributed by atoms with van der Waals surface area (Å²) in [5, 5.41) is 11.3. The Kier molecular flexibility index (Phi) is 5.96. The Morgan fingerprint density at radius 3 is 2.55 bits per heavy atom. The normalized spacial score (nSPS) is 17.5. The average Bonchev–Trinajstić information content (AvgIpc) is 3.34. The average molecular weight is 447 g/mol. The second-order valence-electron chi connectivity index (χ2n) is 7.75. The van der Waals surface area contributed by atoms with Gasteiger partial charge in [-0.2, -0.15) is 0 Å². The lowest BCUT2D eigenvalue weighted by Gasteiger charge is -2.24. The van der Waals surface area contributed by atoms with E-state index in [2.05, 4.69) is 0 Å². The molecule has 1 aromatic heterocycles. The predicted octanol–water partition coefficient (Wildman–Crippen LogP) is 4.93. The molecule has 2 aromatic carbocycles. The summed E-state index contributed by atoms with van der Waals surface area (Å²) in [6.45, 7) is 5.95. The lowest BCUT2D eigenvalue weighted by atomic mass is 9.97. The zero-order chi connectivity index (χ0) is 23.7. The smallest absolute Gasteiger partial charge is 0.300 e. The maximum Gasteiger partial charge on any atom is 0.300 e. The molecule has 1 aliphatic rings.